The minimum atomic E-state index is -4.76. The van der Waals surface area contributed by atoms with E-state index in [1.54, 1.807) is 25.6 Å². The van der Waals surface area contributed by atoms with Crippen LogP contribution in [0.3, 0.4) is 0 Å². The van der Waals surface area contributed by atoms with Gasteiger partial charge in [-0.25, -0.2) is 9.37 Å². The maximum Gasteiger partial charge on any atom is 0.419 e. The van der Waals surface area contributed by atoms with E-state index in [9.17, 15) is 27.2 Å². The number of fused-ring (bicyclic) bond motifs is 3. The molecule has 2 bridgehead atoms. The van der Waals surface area contributed by atoms with E-state index in [2.05, 4.69) is 38.0 Å². The third-order valence-corrected chi connectivity index (χ3v) is 10.1. The van der Waals surface area contributed by atoms with Crippen LogP contribution in [0.25, 0.3) is 10.2 Å². The average molecular weight is 696 g/mol. The Morgan fingerprint density at radius 2 is 1.81 bits per heavy atom. The number of carbonyl (C=O) groups is 2. The largest absolute Gasteiger partial charge is 0.496 e. The van der Waals surface area contributed by atoms with Crippen LogP contribution in [0.2, 0.25) is 0 Å². The van der Waals surface area contributed by atoms with Crippen molar-refractivity contribution in [2.45, 2.75) is 85.4 Å². The van der Waals surface area contributed by atoms with Crippen LogP contribution in [0.15, 0.2) is 30.3 Å². The van der Waals surface area contributed by atoms with Gasteiger partial charge in [0.05, 0.1) is 27.9 Å². The maximum absolute atomic E-state index is 13.0. The number of rotatable bonds is 11. The Labute approximate surface area is 285 Å². The summed E-state index contributed by atoms with van der Waals surface area (Å²) < 4.78 is 60.5. The number of anilines is 1. The summed E-state index contributed by atoms with van der Waals surface area (Å²) in [5.74, 6) is 2.85. The number of methoxy groups -OCH3 is 2. The van der Waals surface area contributed by atoms with Crippen LogP contribution in [0.4, 0.5) is 23.2 Å². The molecule has 48 heavy (non-hydrogen) atoms. The Kier molecular flexibility index (Phi) is 14.7. The van der Waals surface area contributed by atoms with Gasteiger partial charge in [-0.2, -0.15) is 13.2 Å². The molecule has 7 nitrogen and oxygen atoms in total. The Morgan fingerprint density at radius 1 is 1.10 bits per heavy atom. The molecule has 2 aromatic carbocycles. The van der Waals surface area contributed by atoms with E-state index in [4.69, 9.17) is 9.47 Å². The highest BCUT2D eigenvalue weighted by Crippen LogP contribution is 2.48. The van der Waals surface area contributed by atoms with Gasteiger partial charge in [0.1, 0.15) is 17.1 Å². The summed E-state index contributed by atoms with van der Waals surface area (Å²) in [5, 5.41) is 6.28. The summed E-state index contributed by atoms with van der Waals surface area (Å²) in [7, 11) is 3.39. The number of aryl methyl sites for hydroxylation is 1. The zero-order valence-corrected chi connectivity index (χ0v) is 29.7. The Morgan fingerprint density at radius 3 is 2.40 bits per heavy atom. The number of nitrogens with one attached hydrogen (secondary N) is 2. The van der Waals surface area contributed by atoms with E-state index in [-0.39, 0.29) is 18.0 Å². The summed E-state index contributed by atoms with van der Waals surface area (Å²) >= 11 is 1.56. The predicted molar refractivity (Wildman–Crippen MR) is 183 cm³/mol. The molecule has 1 heterocycles. The van der Waals surface area contributed by atoms with E-state index in [0.717, 1.165) is 45.7 Å². The number of ether oxygens (including phenoxy) is 2. The Bertz CT molecular complexity index is 1490. The van der Waals surface area contributed by atoms with Gasteiger partial charge in [0.2, 0.25) is 6.41 Å². The van der Waals surface area contributed by atoms with E-state index in [1.165, 1.54) is 38.5 Å². The van der Waals surface area contributed by atoms with Crippen LogP contribution in [0, 0.1) is 42.3 Å². The summed E-state index contributed by atoms with van der Waals surface area (Å²) in [6.45, 7) is 12.0. The van der Waals surface area contributed by atoms with Crippen LogP contribution in [-0.4, -0.2) is 44.2 Å². The highest BCUT2D eigenvalue weighted by molar-refractivity contribution is 7.19. The zero-order valence-electron chi connectivity index (χ0n) is 28.9. The Balaban J connectivity index is 0.000000215. The molecule has 0 radical (unpaired) electrons. The molecule has 0 spiro atoms. The summed E-state index contributed by atoms with van der Waals surface area (Å²) in [6, 6.07) is 6.29. The normalized spacial score (nSPS) is 20.4. The second kappa shape index (κ2) is 17.9. The van der Waals surface area contributed by atoms with Crippen molar-refractivity contribution < 1.29 is 36.6 Å². The van der Waals surface area contributed by atoms with Crippen LogP contribution in [0.1, 0.15) is 87.1 Å². The van der Waals surface area contributed by atoms with Gasteiger partial charge in [-0.15, -0.1) is 11.3 Å². The molecular weight excluding hydrogens is 646 g/mol. The van der Waals surface area contributed by atoms with Crippen molar-refractivity contribution >= 4 is 39.6 Å². The number of carbonyl (C=O) groups excluding carboxylic acids is 2. The van der Waals surface area contributed by atoms with Gasteiger partial charge in [-0.3, -0.25) is 9.59 Å². The van der Waals surface area contributed by atoms with Crippen LogP contribution in [-0.2, 0) is 15.7 Å². The molecule has 2 aliphatic rings. The van der Waals surface area contributed by atoms with Crippen LogP contribution in [0.5, 0.6) is 5.75 Å². The fraction of sp³-hybridized carbons (Fsp3) is 0.583. The SMILES string of the molecule is COCC(C)CCCC(C)C.COc1ccc2nc(C)sc2c1C(=O)NC1C2CC[C@H](C2)C1C.O=CNc1ccc(F)c(C(F)(F)F)c1. The predicted octanol–water partition coefficient (Wildman–Crippen LogP) is 9.29. The zero-order chi connectivity index (χ0) is 35.6. The lowest BCUT2D eigenvalue weighted by molar-refractivity contribution is -0.140. The van der Waals surface area contributed by atoms with E-state index < -0.39 is 17.6 Å². The lowest BCUT2D eigenvalue weighted by Gasteiger charge is -2.29. The van der Waals surface area contributed by atoms with Gasteiger partial charge < -0.3 is 20.1 Å². The van der Waals surface area contributed by atoms with Gasteiger partial charge >= 0.3 is 6.18 Å². The molecule has 4 unspecified atom stereocenters. The smallest absolute Gasteiger partial charge is 0.419 e. The molecule has 3 aromatic rings. The molecule has 12 heteroatoms. The molecule has 2 N–H and O–H groups in total. The van der Waals surface area contributed by atoms with Crippen molar-refractivity contribution in [3.05, 3.63) is 52.3 Å². The molecular formula is C36H49F4N3O4S. The minimum Gasteiger partial charge on any atom is -0.496 e. The third-order valence-electron chi connectivity index (χ3n) is 9.13. The fourth-order valence-electron chi connectivity index (χ4n) is 6.66. The number of aromatic nitrogens is 1. The summed E-state index contributed by atoms with van der Waals surface area (Å²) in [5.41, 5.74) is 0.0167. The number of benzene rings is 2. The average Bonchev–Trinajstić information content (AvgIpc) is 3.73. The number of thiazole rings is 1. The second-order valence-corrected chi connectivity index (χ2v) is 14.5. The van der Waals surface area contributed by atoms with Crippen molar-refractivity contribution in [1.82, 2.24) is 10.3 Å². The molecule has 5 rings (SSSR count). The summed E-state index contributed by atoms with van der Waals surface area (Å²) in [6.07, 6.45) is 3.32. The lowest BCUT2D eigenvalue weighted by atomic mass is 9.86. The van der Waals surface area contributed by atoms with E-state index in [1.807, 2.05) is 24.4 Å². The lowest BCUT2D eigenvalue weighted by Crippen LogP contribution is -2.43. The van der Waals surface area contributed by atoms with E-state index >= 15 is 0 Å². The van der Waals surface area contributed by atoms with Gasteiger partial charge in [0, 0.05) is 25.4 Å². The Hall–Kier alpha value is -3.25. The molecule has 2 aliphatic carbocycles. The highest BCUT2D eigenvalue weighted by atomic mass is 32.1. The van der Waals surface area contributed by atoms with Crippen molar-refractivity contribution in [2.75, 3.05) is 26.1 Å². The van der Waals surface area contributed by atoms with Gasteiger partial charge in [0.25, 0.3) is 5.91 Å². The highest BCUT2D eigenvalue weighted by Gasteiger charge is 2.46. The number of halogens is 4. The first-order chi connectivity index (χ1) is 22.7. The van der Waals surface area contributed by atoms with Crippen LogP contribution < -0.4 is 15.4 Å². The van der Waals surface area contributed by atoms with Gasteiger partial charge in [0.15, 0.2) is 0 Å². The molecule has 2 fully saturated rings. The van der Waals surface area contributed by atoms with Gasteiger partial charge in [-0.1, -0.05) is 40.5 Å². The first kappa shape index (κ1) is 39.2. The molecule has 0 aliphatic heterocycles. The number of hydrogen-bond acceptors (Lipinski definition) is 6. The van der Waals surface area contributed by atoms with Crippen molar-refractivity contribution in [3.8, 4) is 5.75 Å². The van der Waals surface area contributed by atoms with Gasteiger partial charge in [-0.05, 0) is 92.5 Å². The molecule has 5 atom stereocenters. The number of hydrogen-bond donors (Lipinski definition) is 2. The first-order valence-corrected chi connectivity index (χ1v) is 17.3. The van der Waals surface area contributed by atoms with Crippen molar-refractivity contribution in [1.29, 1.82) is 0 Å². The minimum absolute atomic E-state index is 0.0134. The van der Waals surface area contributed by atoms with Crippen LogP contribution >= 0.6 is 11.3 Å². The summed E-state index contributed by atoms with van der Waals surface area (Å²) in [4.78, 5) is 27.4. The fourth-order valence-corrected chi connectivity index (χ4v) is 7.62. The molecule has 2 amide bonds. The second-order valence-electron chi connectivity index (χ2n) is 13.3. The standard InChI is InChI=1S/C18H22N2O2S.C10H22O.C8H5F4NO/c1-9-11-4-5-12(8-11)16(9)20-18(21)15-14(22-3)7-6-13-17(15)23-10(2)19-13;1-9(2)6-5-7-10(3)8-11-4;9-7-2-1-5(13-4-14)3-6(7)8(10,11)12/h6-7,9,11-12,16H,4-5,8H2,1-3H3,(H,20,21);9-10H,5-8H2,1-4H3;1-4H,(H,13,14)/t9?,11-,12?,16?;;/m1../s1. The molecule has 1 aromatic heterocycles. The molecule has 0 saturated heterocycles. The topological polar surface area (TPSA) is 89.6 Å². The first-order valence-electron chi connectivity index (χ1n) is 16.5. The molecule has 266 valence electrons. The van der Waals surface area contributed by atoms with Crippen molar-refractivity contribution in [3.63, 3.8) is 0 Å². The van der Waals surface area contributed by atoms with E-state index in [0.29, 0.717) is 41.3 Å². The van der Waals surface area contributed by atoms with Crippen molar-refractivity contribution in [2.24, 2.45) is 29.6 Å². The third kappa shape index (κ3) is 10.6. The number of amides is 2. The number of alkyl halides is 3. The number of nitrogens with zero attached hydrogens (tertiary/aromatic N) is 1. The maximum atomic E-state index is 13.0. The molecule has 2 saturated carbocycles. The monoisotopic (exact) mass is 695 g/mol. The quantitative estimate of drug-likeness (QED) is 0.154.